The van der Waals surface area contributed by atoms with E-state index in [0.29, 0.717) is 36.0 Å². The fourth-order valence-corrected chi connectivity index (χ4v) is 5.18. The fraction of sp³-hybridized carbons (Fsp3) is 0.333. The molecule has 2 heterocycles. The highest BCUT2D eigenvalue weighted by atomic mass is 35.5. The molecule has 2 aromatic rings. The van der Waals surface area contributed by atoms with Crippen LogP contribution >= 0.6 is 11.6 Å². The van der Waals surface area contributed by atoms with E-state index in [1.807, 2.05) is 6.07 Å². The molecule has 34 heavy (non-hydrogen) atoms. The number of nitrogens with zero attached hydrogens (tertiary/aromatic N) is 3. The second-order valence-corrected chi connectivity index (χ2v) is 8.90. The summed E-state index contributed by atoms with van der Waals surface area (Å²) in [6.45, 7) is 0.451. The summed E-state index contributed by atoms with van der Waals surface area (Å²) >= 11 is 6.37. The van der Waals surface area contributed by atoms with Gasteiger partial charge in [0.15, 0.2) is 5.92 Å². The standard InChI is InChI=1S/C24H22ClN3O6/c25-19-5-1-4-17-16(19)3-2-6-20(17)28-21(29)18(22(30)31)13-27(23(28)32)15-9-7-14(8-10-15)26-11-12-34-24(26)33/h1,4-5,7-10,18,20H,2-3,6,11-13H2,(H,30,31). The minimum atomic E-state index is -1.39. The lowest BCUT2D eigenvalue weighted by atomic mass is 9.85. The second-order valence-electron chi connectivity index (χ2n) is 8.49. The summed E-state index contributed by atoms with van der Waals surface area (Å²) in [5, 5.41) is 10.3. The highest BCUT2D eigenvalue weighted by Crippen LogP contribution is 2.40. The van der Waals surface area contributed by atoms with Gasteiger partial charge in [0.1, 0.15) is 6.61 Å². The maximum atomic E-state index is 13.6. The quantitative estimate of drug-likeness (QED) is 0.662. The third-order valence-corrected chi connectivity index (χ3v) is 6.95. The first kappa shape index (κ1) is 22.2. The van der Waals surface area contributed by atoms with E-state index in [9.17, 15) is 24.3 Å². The molecular weight excluding hydrogens is 462 g/mol. The number of cyclic esters (lactones) is 1. The topological polar surface area (TPSA) is 107 Å². The number of urea groups is 1. The van der Waals surface area contributed by atoms with E-state index < -0.39 is 36.0 Å². The van der Waals surface area contributed by atoms with Gasteiger partial charge in [0.25, 0.3) is 0 Å². The van der Waals surface area contributed by atoms with Crippen molar-refractivity contribution in [2.45, 2.75) is 25.3 Å². The Balaban J connectivity index is 1.50. The first-order valence-corrected chi connectivity index (χ1v) is 11.4. The van der Waals surface area contributed by atoms with E-state index in [1.54, 1.807) is 36.4 Å². The van der Waals surface area contributed by atoms with Gasteiger partial charge in [0.05, 0.1) is 12.6 Å². The maximum Gasteiger partial charge on any atom is 0.414 e. The number of aliphatic carboxylic acids is 1. The maximum absolute atomic E-state index is 13.6. The molecule has 2 saturated heterocycles. The van der Waals surface area contributed by atoms with Crippen LogP contribution in [0.15, 0.2) is 42.5 Å². The number of carboxylic acids is 1. The van der Waals surface area contributed by atoms with Crippen LogP contribution in [0.5, 0.6) is 0 Å². The summed E-state index contributed by atoms with van der Waals surface area (Å²) in [6, 6.07) is 10.8. The smallest absolute Gasteiger partial charge is 0.414 e. The number of carbonyl (C=O) groups is 4. The van der Waals surface area contributed by atoms with Crippen LogP contribution in [0.4, 0.5) is 21.0 Å². The molecule has 2 fully saturated rings. The van der Waals surface area contributed by atoms with Crippen molar-refractivity contribution in [2.24, 2.45) is 5.92 Å². The van der Waals surface area contributed by atoms with Gasteiger partial charge in [-0.05, 0) is 60.7 Å². The third-order valence-electron chi connectivity index (χ3n) is 6.60. The zero-order valence-corrected chi connectivity index (χ0v) is 18.9. The first-order chi connectivity index (χ1) is 16.4. The lowest BCUT2D eigenvalue weighted by molar-refractivity contribution is -0.151. The van der Waals surface area contributed by atoms with Gasteiger partial charge in [-0.15, -0.1) is 0 Å². The summed E-state index contributed by atoms with van der Waals surface area (Å²) < 4.78 is 4.96. The molecular formula is C24H22ClN3O6. The molecule has 1 N–H and O–H groups in total. The SMILES string of the molecule is O=C(O)C1CN(c2ccc(N3CCOC3=O)cc2)C(=O)N(C2CCCc3c(Cl)cccc32)C1=O. The highest BCUT2D eigenvalue weighted by molar-refractivity contribution is 6.31. The minimum Gasteiger partial charge on any atom is -0.481 e. The van der Waals surface area contributed by atoms with E-state index in [-0.39, 0.29) is 6.54 Å². The van der Waals surface area contributed by atoms with Crippen molar-refractivity contribution in [1.29, 1.82) is 0 Å². The lowest BCUT2D eigenvalue weighted by Crippen LogP contribution is -2.60. The van der Waals surface area contributed by atoms with Crippen molar-refractivity contribution in [3.8, 4) is 0 Å². The molecule has 3 aliphatic rings. The Labute approximate surface area is 200 Å². The molecule has 9 nitrogen and oxygen atoms in total. The zero-order valence-electron chi connectivity index (χ0n) is 18.1. The van der Waals surface area contributed by atoms with Crippen LogP contribution in [0, 0.1) is 5.92 Å². The summed E-state index contributed by atoms with van der Waals surface area (Å²) in [4.78, 5) is 54.5. The number of hydrogen-bond acceptors (Lipinski definition) is 5. The number of rotatable bonds is 4. The Morgan fingerprint density at radius 2 is 1.74 bits per heavy atom. The van der Waals surface area contributed by atoms with Gasteiger partial charge < -0.3 is 9.84 Å². The molecule has 0 spiro atoms. The lowest BCUT2D eigenvalue weighted by Gasteiger charge is -2.42. The van der Waals surface area contributed by atoms with E-state index in [0.717, 1.165) is 28.9 Å². The number of benzene rings is 2. The van der Waals surface area contributed by atoms with Crippen molar-refractivity contribution in [3.63, 3.8) is 0 Å². The number of hydrogen-bond donors (Lipinski definition) is 1. The van der Waals surface area contributed by atoms with Crippen molar-refractivity contribution in [1.82, 2.24) is 4.90 Å². The van der Waals surface area contributed by atoms with Crippen LogP contribution in [0.1, 0.15) is 30.0 Å². The van der Waals surface area contributed by atoms with Crippen molar-refractivity contribution >= 4 is 47.0 Å². The molecule has 4 amide bonds. The van der Waals surface area contributed by atoms with E-state index in [4.69, 9.17) is 16.3 Å². The molecule has 10 heteroatoms. The predicted molar refractivity (Wildman–Crippen MR) is 123 cm³/mol. The van der Waals surface area contributed by atoms with Crippen LogP contribution in [-0.4, -0.2) is 53.7 Å². The van der Waals surface area contributed by atoms with Gasteiger partial charge in [-0.25, -0.2) is 9.59 Å². The van der Waals surface area contributed by atoms with Gasteiger partial charge in [0.2, 0.25) is 5.91 Å². The largest absolute Gasteiger partial charge is 0.481 e. The molecule has 0 radical (unpaired) electrons. The molecule has 2 unspecified atom stereocenters. The molecule has 1 aliphatic carbocycles. The number of halogens is 1. The Morgan fingerprint density at radius 3 is 2.38 bits per heavy atom. The van der Waals surface area contributed by atoms with Crippen molar-refractivity contribution < 1.29 is 29.0 Å². The van der Waals surface area contributed by atoms with Crippen molar-refractivity contribution in [2.75, 3.05) is 29.5 Å². The van der Waals surface area contributed by atoms with Crippen LogP contribution in [-0.2, 0) is 20.7 Å². The normalized spacial score (nSPS) is 22.6. The number of carboxylic acid groups (broad SMARTS) is 1. The molecule has 2 aromatic carbocycles. The Hall–Kier alpha value is -3.59. The molecule has 5 rings (SSSR count). The predicted octanol–water partition coefficient (Wildman–Crippen LogP) is 3.84. The van der Waals surface area contributed by atoms with Crippen molar-refractivity contribution in [3.05, 3.63) is 58.6 Å². The number of amides is 4. The van der Waals surface area contributed by atoms with Gasteiger partial charge in [-0.1, -0.05) is 23.7 Å². The number of carbonyl (C=O) groups excluding carboxylic acids is 3. The summed E-state index contributed by atoms with van der Waals surface area (Å²) in [5.41, 5.74) is 2.70. The van der Waals surface area contributed by atoms with Crippen LogP contribution in [0.2, 0.25) is 5.02 Å². The van der Waals surface area contributed by atoms with Gasteiger partial charge in [-0.3, -0.25) is 24.3 Å². The molecule has 2 atom stereocenters. The molecule has 2 aliphatic heterocycles. The monoisotopic (exact) mass is 483 g/mol. The van der Waals surface area contributed by atoms with Crippen LogP contribution in [0.25, 0.3) is 0 Å². The molecule has 0 bridgehead atoms. The zero-order chi connectivity index (χ0) is 24.0. The highest BCUT2D eigenvalue weighted by Gasteiger charge is 2.47. The summed E-state index contributed by atoms with van der Waals surface area (Å²) in [6.07, 6.45) is 1.53. The molecule has 0 saturated carbocycles. The number of ether oxygens (including phenoxy) is 1. The average molecular weight is 484 g/mol. The number of imide groups is 1. The summed E-state index contributed by atoms with van der Waals surface area (Å²) in [5.74, 6) is -3.40. The van der Waals surface area contributed by atoms with Gasteiger partial charge >= 0.3 is 18.1 Å². The Morgan fingerprint density at radius 1 is 1.03 bits per heavy atom. The first-order valence-electron chi connectivity index (χ1n) is 11.1. The van der Waals surface area contributed by atoms with Crippen LogP contribution in [0.3, 0.4) is 0 Å². The van der Waals surface area contributed by atoms with E-state index in [1.165, 1.54) is 9.80 Å². The van der Waals surface area contributed by atoms with E-state index in [2.05, 4.69) is 0 Å². The molecule has 176 valence electrons. The number of anilines is 2. The molecule has 0 aromatic heterocycles. The second kappa shape index (κ2) is 8.64. The summed E-state index contributed by atoms with van der Waals surface area (Å²) in [7, 11) is 0. The Kier molecular flexibility index (Phi) is 5.65. The van der Waals surface area contributed by atoms with Crippen LogP contribution < -0.4 is 9.80 Å². The number of fused-ring (bicyclic) bond motifs is 1. The van der Waals surface area contributed by atoms with E-state index >= 15 is 0 Å². The average Bonchev–Trinajstić information content (AvgIpc) is 3.25. The third kappa shape index (κ3) is 3.66. The minimum absolute atomic E-state index is 0.274. The van der Waals surface area contributed by atoms with Gasteiger partial charge in [0, 0.05) is 22.9 Å². The fourth-order valence-electron chi connectivity index (χ4n) is 4.91. The van der Waals surface area contributed by atoms with Gasteiger partial charge in [-0.2, -0.15) is 0 Å². The Bertz CT molecular complexity index is 1180.